The van der Waals surface area contributed by atoms with Crippen LogP contribution in [0, 0.1) is 0 Å². The van der Waals surface area contributed by atoms with Crippen LogP contribution in [-0.4, -0.2) is 15.1 Å². The van der Waals surface area contributed by atoms with Crippen LogP contribution < -0.4 is 0 Å². The molecule has 18 heavy (non-hydrogen) atoms. The number of aromatic nitrogens is 2. The van der Waals surface area contributed by atoms with Crippen molar-refractivity contribution in [1.29, 1.82) is 0 Å². The Kier molecular flexibility index (Phi) is 4.05. The summed E-state index contributed by atoms with van der Waals surface area (Å²) in [5.74, 6) is 0.531. The molecule has 0 fully saturated rings. The van der Waals surface area contributed by atoms with Crippen LogP contribution in [0.5, 0.6) is 0 Å². The van der Waals surface area contributed by atoms with Gasteiger partial charge < -0.3 is 5.11 Å². The summed E-state index contributed by atoms with van der Waals surface area (Å²) in [6, 6.07) is 8.36. The molecule has 0 bridgehead atoms. The van der Waals surface area contributed by atoms with Crippen LogP contribution in [0.3, 0.4) is 0 Å². The predicted molar refractivity (Wildman–Crippen MR) is 71.2 cm³/mol. The van der Waals surface area contributed by atoms with Crippen molar-refractivity contribution in [2.24, 2.45) is 0 Å². The van der Waals surface area contributed by atoms with Crippen LogP contribution in [0.25, 0.3) is 0 Å². The van der Waals surface area contributed by atoms with Crippen molar-refractivity contribution in [2.45, 2.75) is 32.3 Å². The van der Waals surface area contributed by atoms with Gasteiger partial charge in [0.2, 0.25) is 0 Å². The maximum atomic E-state index is 10.0. The molecule has 94 valence electrons. The van der Waals surface area contributed by atoms with Gasteiger partial charge in [-0.15, -0.1) is 0 Å². The van der Waals surface area contributed by atoms with Gasteiger partial charge in [-0.1, -0.05) is 38.1 Å². The van der Waals surface area contributed by atoms with E-state index >= 15 is 0 Å². The van der Waals surface area contributed by atoms with E-state index in [4.69, 9.17) is 0 Å². The zero-order valence-corrected chi connectivity index (χ0v) is 10.7. The summed E-state index contributed by atoms with van der Waals surface area (Å²) in [5.41, 5.74) is 3.04. The third-order valence-electron chi connectivity index (χ3n) is 3.00. The molecule has 1 aromatic carbocycles. The second kappa shape index (κ2) is 5.74. The van der Waals surface area contributed by atoms with Gasteiger partial charge in [0.15, 0.2) is 0 Å². The zero-order valence-electron chi connectivity index (χ0n) is 10.7. The maximum absolute atomic E-state index is 10.0. The molecule has 0 saturated carbocycles. The summed E-state index contributed by atoms with van der Waals surface area (Å²) in [6.45, 7) is 4.34. The van der Waals surface area contributed by atoms with E-state index in [1.54, 1.807) is 18.6 Å². The van der Waals surface area contributed by atoms with Gasteiger partial charge in [-0.05, 0) is 17.0 Å². The number of aliphatic hydroxyl groups is 1. The van der Waals surface area contributed by atoms with Crippen molar-refractivity contribution in [3.63, 3.8) is 0 Å². The van der Waals surface area contributed by atoms with Gasteiger partial charge in [0, 0.05) is 18.8 Å². The Morgan fingerprint density at radius 2 is 1.83 bits per heavy atom. The molecule has 3 heteroatoms. The molecule has 2 rings (SSSR count). The Bertz CT molecular complexity index is 480. The lowest BCUT2D eigenvalue weighted by Gasteiger charge is -2.11. The lowest BCUT2D eigenvalue weighted by molar-refractivity contribution is 0.173. The largest absolute Gasteiger partial charge is 0.386 e. The van der Waals surface area contributed by atoms with E-state index in [1.165, 1.54) is 5.56 Å². The Labute approximate surface area is 108 Å². The highest BCUT2D eigenvalue weighted by Gasteiger charge is 2.10. The van der Waals surface area contributed by atoms with Crippen LogP contribution >= 0.6 is 0 Å². The molecule has 0 aliphatic carbocycles. The molecule has 0 aliphatic rings. The van der Waals surface area contributed by atoms with Gasteiger partial charge in [0.05, 0.1) is 11.9 Å². The smallest absolute Gasteiger partial charge is 0.102 e. The third kappa shape index (κ3) is 3.14. The molecule has 1 atom stereocenters. The fraction of sp³-hybridized carbons (Fsp3) is 0.333. The summed E-state index contributed by atoms with van der Waals surface area (Å²) >= 11 is 0. The van der Waals surface area contributed by atoms with Crippen molar-refractivity contribution in [2.75, 3.05) is 0 Å². The highest BCUT2D eigenvalue weighted by Crippen LogP contribution is 2.19. The van der Waals surface area contributed by atoms with Gasteiger partial charge in [0.25, 0.3) is 0 Å². The molecule has 0 aliphatic heterocycles. The fourth-order valence-corrected chi connectivity index (χ4v) is 1.85. The second-order valence-corrected chi connectivity index (χ2v) is 4.75. The first kappa shape index (κ1) is 12.7. The van der Waals surface area contributed by atoms with Gasteiger partial charge in [-0.2, -0.15) is 0 Å². The van der Waals surface area contributed by atoms with Crippen molar-refractivity contribution in [1.82, 2.24) is 9.97 Å². The van der Waals surface area contributed by atoms with Gasteiger partial charge in [-0.25, -0.2) is 0 Å². The number of nitrogens with zero attached hydrogens (tertiary/aromatic N) is 2. The first-order valence-corrected chi connectivity index (χ1v) is 6.19. The van der Waals surface area contributed by atoms with Gasteiger partial charge >= 0.3 is 0 Å². The van der Waals surface area contributed by atoms with E-state index in [0.29, 0.717) is 18.0 Å². The normalized spacial score (nSPS) is 12.7. The fourth-order valence-electron chi connectivity index (χ4n) is 1.85. The van der Waals surface area contributed by atoms with E-state index in [1.807, 2.05) is 0 Å². The Morgan fingerprint density at radius 1 is 1.11 bits per heavy atom. The molecule has 1 heterocycles. The molecule has 0 saturated heterocycles. The monoisotopic (exact) mass is 242 g/mol. The number of rotatable bonds is 4. The minimum Gasteiger partial charge on any atom is -0.386 e. The lowest BCUT2D eigenvalue weighted by atomic mass is 9.99. The predicted octanol–water partition coefficient (Wildman–Crippen LogP) is 2.88. The molecule has 1 unspecified atom stereocenters. The van der Waals surface area contributed by atoms with Gasteiger partial charge in [-0.3, -0.25) is 9.97 Å². The van der Waals surface area contributed by atoms with Crippen LogP contribution in [0.15, 0.2) is 42.9 Å². The topological polar surface area (TPSA) is 46.0 Å². The third-order valence-corrected chi connectivity index (χ3v) is 3.00. The summed E-state index contributed by atoms with van der Waals surface area (Å²) in [7, 11) is 0. The minimum absolute atomic E-state index is 0.531. The van der Waals surface area contributed by atoms with Crippen molar-refractivity contribution in [3.05, 3.63) is 59.7 Å². The first-order valence-electron chi connectivity index (χ1n) is 6.19. The minimum atomic E-state index is -0.594. The standard InChI is InChI=1S/C15H18N2O/c1-11(2)13-5-3-12(4-6-13)9-15(18)14-10-16-7-8-17-14/h3-8,10-11,15,18H,9H2,1-2H3. The second-order valence-electron chi connectivity index (χ2n) is 4.75. The van der Waals surface area contributed by atoms with E-state index < -0.39 is 6.10 Å². The number of benzene rings is 1. The summed E-state index contributed by atoms with van der Waals surface area (Å²) in [4.78, 5) is 8.07. The van der Waals surface area contributed by atoms with Crippen molar-refractivity contribution in [3.8, 4) is 0 Å². The molecule has 1 N–H and O–H groups in total. The molecule has 0 spiro atoms. The summed E-state index contributed by atoms with van der Waals surface area (Å²) in [6.07, 6.45) is 4.78. The van der Waals surface area contributed by atoms with E-state index in [2.05, 4.69) is 48.1 Å². The summed E-state index contributed by atoms with van der Waals surface area (Å²) < 4.78 is 0. The summed E-state index contributed by atoms with van der Waals surface area (Å²) in [5, 5.41) is 10.0. The number of hydrogen-bond acceptors (Lipinski definition) is 3. The van der Waals surface area contributed by atoms with Crippen molar-refractivity contribution < 1.29 is 5.11 Å². The van der Waals surface area contributed by atoms with Gasteiger partial charge in [0.1, 0.15) is 6.10 Å². The lowest BCUT2D eigenvalue weighted by Crippen LogP contribution is -2.04. The molecule has 2 aromatic rings. The van der Waals surface area contributed by atoms with Crippen LogP contribution in [0.2, 0.25) is 0 Å². The van der Waals surface area contributed by atoms with Crippen LogP contribution in [-0.2, 0) is 6.42 Å². The molecule has 0 amide bonds. The van der Waals surface area contributed by atoms with Crippen molar-refractivity contribution >= 4 is 0 Å². The molecular formula is C15H18N2O. The Balaban J connectivity index is 2.05. The molecular weight excluding hydrogens is 224 g/mol. The quantitative estimate of drug-likeness (QED) is 0.896. The van der Waals surface area contributed by atoms with E-state index in [0.717, 1.165) is 5.56 Å². The molecule has 1 aromatic heterocycles. The Morgan fingerprint density at radius 3 is 2.39 bits per heavy atom. The average molecular weight is 242 g/mol. The zero-order chi connectivity index (χ0) is 13.0. The average Bonchev–Trinajstić information content (AvgIpc) is 2.40. The number of aliphatic hydroxyl groups excluding tert-OH is 1. The van der Waals surface area contributed by atoms with Crippen LogP contribution in [0.1, 0.15) is 42.7 Å². The SMILES string of the molecule is CC(C)c1ccc(CC(O)c2cnccn2)cc1. The first-order chi connectivity index (χ1) is 8.66. The molecule has 3 nitrogen and oxygen atoms in total. The number of hydrogen-bond donors (Lipinski definition) is 1. The van der Waals surface area contributed by atoms with E-state index in [9.17, 15) is 5.11 Å². The Hall–Kier alpha value is -1.74. The maximum Gasteiger partial charge on any atom is 0.102 e. The molecule has 0 radical (unpaired) electrons. The highest BCUT2D eigenvalue weighted by molar-refractivity contribution is 5.25. The van der Waals surface area contributed by atoms with E-state index in [-0.39, 0.29) is 0 Å². The van der Waals surface area contributed by atoms with Crippen LogP contribution in [0.4, 0.5) is 0 Å². The highest BCUT2D eigenvalue weighted by atomic mass is 16.3.